The lowest BCUT2D eigenvalue weighted by Gasteiger charge is -2.19. The average molecular weight is 395 g/mol. The molecular weight excluding hydrogens is 378 g/mol. The molecule has 4 rings (SSSR count). The van der Waals surface area contributed by atoms with Crippen LogP contribution in [0.25, 0.3) is 11.3 Å². The van der Waals surface area contributed by atoms with Gasteiger partial charge in [-0.3, -0.25) is 9.59 Å². The predicted octanol–water partition coefficient (Wildman–Crippen LogP) is 2.56. The minimum absolute atomic E-state index is 0.0386. The number of ether oxygens (including phenoxy) is 3. The molecule has 8 nitrogen and oxygen atoms in total. The average Bonchev–Trinajstić information content (AvgIpc) is 3.03. The van der Waals surface area contributed by atoms with Crippen LogP contribution in [0.5, 0.6) is 11.5 Å². The number of benzene rings is 2. The fraction of sp³-hybridized carbons (Fsp3) is 0.190. The van der Waals surface area contributed by atoms with Gasteiger partial charge in [0, 0.05) is 18.1 Å². The van der Waals surface area contributed by atoms with Crippen LogP contribution in [0.15, 0.2) is 36.4 Å². The number of fused-ring (bicyclic) bond motifs is 2. The van der Waals surface area contributed by atoms with Crippen molar-refractivity contribution in [3.8, 4) is 11.5 Å². The fourth-order valence-corrected chi connectivity index (χ4v) is 3.39. The lowest BCUT2D eigenvalue weighted by Crippen LogP contribution is -2.31. The molecule has 0 fully saturated rings. The number of imide groups is 1. The third kappa shape index (κ3) is 2.98. The number of aliphatic hydroxyl groups excluding tert-OH is 1. The van der Waals surface area contributed by atoms with Gasteiger partial charge >= 0.3 is 5.97 Å². The van der Waals surface area contributed by atoms with Crippen LogP contribution in [-0.2, 0) is 14.3 Å². The lowest BCUT2D eigenvalue weighted by molar-refractivity contribution is -0.122. The molecule has 2 aromatic rings. The van der Waals surface area contributed by atoms with Gasteiger partial charge in [0.1, 0.15) is 19.0 Å². The number of rotatable bonds is 2. The molecule has 0 aliphatic carbocycles. The number of nitrogens with zero attached hydrogens (tertiary/aromatic N) is 1. The summed E-state index contributed by atoms with van der Waals surface area (Å²) in [4.78, 5) is 37.9. The first-order chi connectivity index (χ1) is 13.9. The molecule has 0 atom stereocenters. The number of esters is 1. The summed E-state index contributed by atoms with van der Waals surface area (Å²) in [7, 11) is 1.24. The van der Waals surface area contributed by atoms with Crippen LogP contribution < -0.4 is 14.4 Å². The molecule has 2 aliphatic rings. The second kappa shape index (κ2) is 6.97. The van der Waals surface area contributed by atoms with Crippen LogP contribution >= 0.6 is 0 Å². The third-order valence-corrected chi connectivity index (χ3v) is 4.71. The van der Waals surface area contributed by atoms with Gasteiger partial charge in [0.25, 0.3) is 5.91 Å². The molecule has 2 aromatic carbocycles. The molecule has 0 bridgehead atoms. The fourth-order valence-electron chi connectivity index (χ4n) is 3.39. The Bertz CT molecular complexity index is 1090. The van der Waals surface area contributed by atoms with E-state index in [0.29, 0.717) is 35.8 Å². The van der Waals surface area contributed by atoms with E-state index in [1.165, 1.54) is 32.2 Å². The molecule has 0 unspecified atom stereocenters. The minimum atomic E-state index is -0.679. The molecule has 1 N–H and O–H groups in total. The van der Waals surface area contributed by atoms with Gasteiger partial charge < -0.3 is 19.3 Å². The Balaban J connectivity index is 1.87. The summed E-state index contributed by atoms with van der Waals surface area (Å²) in [5, 5.41) is 10.9. The molecule has 0 saturated heterocycles. The number of anilines is 1. The van der Waals surface area contributed by atoms with E-state index in [4.69, 9.17) is 14.2 Å². The maximum absolute atomic E-state index is 13.0. The van der Waals surface area contributed by atoms with E-state index in [0.717, 1.165) is 4.90 Å². The first-order valence-electron chi connectivity index (χ1n) is 8.83. The molecule has 2 aliphatic heterocycles. The highest BCUT2D eigenvalue weighted by Gasteiger charge is 2.38. The Labute approximate surface area is 165 Å². The van der Waals surface area contributed by atoms with E-state index in [9.17, 15) is 19.5 Å². The Morgan fingerprint density at radius 2 is 1.72 bits per heavy atom. The van der Waals surface area contributed by atoms with E-state index < -0.39 is 17.8 Å². The standard InChI is InChI=1S/C21H17NO7/c1-11(23)22-15-9-13(21(26)27-2)3-5-14(15)18(20(22)25)19(24)12-4-6-16-17(10-12)29-8-7-28-16/h3-6,9-10,24H,7-8H2,1-2H3. The molecule has 0 spiro atoms. The number of carbonyl (C=O) groups excluding carboxylic acids is 3. The number of aliphatic hydroxyl groups is 1. The smallest absolute Gasteiger partial charge is 0.337 e. The molecule has 148 valence electrons. The number of carbonyl (C=O) groups is 3. The largest absolute Gasteiger partial charge is 0.506 e. The second-order valence-electron chi connectivity index (χ2n) is 6.47. The third-order valence-electron chi connectivity index (χ3n) is 4.71. The zero-order valence-corrected chi connectivity index (χ0v) is 15.7. The SMILES string of the molecule is COC(=O)c1ccc2c(c1)N(C(C)=O)C(=O)C2=C(O)c1ccc2c(c1)OCCO2. The highest BCUT2D eigenvalue weighted by Crippen LogP contribution is 2.42. The van der Waals surface area contributed by atoms with Crippen molar-refractivity contribution in [1.29, 1.82) is 0 Å². The van der Waals surface area contributed by atoms with Crippen molar-refractivity contribution in [2.24, 2.45) is 0 Å². The van der Waals surface area contributed by atoms with Gasteiger partial charge in [0.05, 0.1) is 23.9 Å². The van der Waals surface area contributed by atoms with Gasteiger partial charge in [-0.2, -0.15) is 0 Å². The maximum atomic E-state index is 13.0. The van der Waals surface area contributed by atoms with E-state index in [1.54, 1.807) is 18.2 Å². The number of amides is 2. The van der Waals surface area contributed by atoms with Crippen LogP contribution in [0, 0.1) is 0 Å². The van der Waals surface area contributed by atoms with Crippen LogP contribution in [0.4, 0.5) is 5.69 Å². The Morgan fingerprint density at radius 3 is 2.41 bits per heavy atom. The normalized spacial score (nSPS) is 16.3. The van der Waals surface area contributed by atoms with Crippen molar-refractivity contribution < 1.29 is 33.7 Å². The van der Waals surface area contributed by atoms with Crippen molar-refractivity contribution >= 4 is 34.8 Å². The van der Waals surface area contributed by atoms with Gasteiger partial charge in [-0.25, -0.2) is 9.69 Å². The van der Waals surface area contributed by atoms with Crippen LogP contribution in [0.2, 0.25) is 0 Å². The first-order valence-corrected chi connectivity index (χ1v) is 8.83. The molecule has 2 heterocycles. The van der Waals surface area contributed by atoms with Gasteiger partial charge in [-0.05, 0) is 30.3 Å². The summed E-state index contributed by atoms with van der Waals surface area (Å²) < 4.78 is 15.7. The van der Waals surface area contributed by atoms with E-state index in [-0.39, 0.29) is 22.6 Å². The molecular formula is C21H17NO7. The van der Waals surface area contributed by atoms with Crippen molar-refractivity contribution in [2.75, 3.05) is 25.2 Å². The van der Waals surface area contributed by atoms with Crippen LogP contribution in [-0.4, -0.2) is 43.2 Å². The molecule has 8 heteroatoms. The monoisotopic (exact) mass is 395 g/mol. The minimum Gasteiger partial charge on any atom is -0.506 e. The highest BCUT2D eigenvalue weighted by atomic mass is 16.6. The summed E-state index contributed by atoms with van der Waals surface area (Å²) in [6.07, 6.45) is 0. The Kier molecular flexibility index (Phi) is 4.46. The first kappa shape index (κ1) is 18.5. The zero-order chi connectivity index (χ0) is 20.7. The Hall–Kier alpha value is -3.81. The quantitative estimate of drug-likeness (QED) is 0.474. The van der Waals surface area contributed by atoms with Gasteiger partial charge in [-0.15, -0.1) is 0 Å². The van der Waals surface area contributed by atoms with Gasteiger partial charge in [-0.1, -0.05) is 6.07 Å². The Morgan fingerprint density at radius 1 is 1.03 bits per heavy atom. The molecule has 0 saturated carbocycles. The number of hydrogen-bond donors (Lipinski definition) is 1. The van der Waals surface area contributed by atoms with E-state index in [2.05, 4.69) is 0 Å². The van der Waals surface area contributed by atoms with Crippen molar-refractivity contribution in [1.82, 2.24) is 0 Å². The van der Waals surface area contributed by atoms with Gasteiger partial charge in [0.2, 0.25) is 5.91 Å². The summed E-state index contributed by atoms with van der Waals surface area (Å²) in [5.41, 5.74) is 1.04. The van der Waals surface area contributed by atoms with Crippen molar-refractivity contribution in [3.63, 3.8) is 0 Å². The predicted molar refractivity (Wildman–Crippen MR) is 103 cm³/mol. The van der Waals surface area contributed by atoms with Crippen LogP contribution in [0.1, 0.15) is 28.4 Å². The van der Waals surface area contributed by atoms with Crippen molar-refractivity contribution in [3.05, 3.63) is 53.1 Å². The molecule has 0 radical (unpaired) electrons. The van der Waals surface area contributed by atoms with Crippen LogP contribution in [0.3, 0.4) is 0 Å². The summed E-state index contributed by atoms with van der Waals surface area (Å²) in [6, 6.07) is 9.18. The maximum Gasteiger partial charge on any atom is 0.337 e. The number of methoxy groups -OCH3 is 1. The van der Waals surface area contributed by atoms with E-state index in [1.807, 2.05) is 0 Å². The van der Waals surface area contributed by atoms with Crippen molar-refractivity contribution in [2.45, 2.75) is 6.92 Å². The molecule has 29 heavy (non-hydrogen) atoms. The van der Waals surface area contributed by atoms with Gasteiger partial charge in [0.15, 0.2) is 11.5 Å². The molecule has 2 amide bonds. The summed E-state index contributed by atoms with van der Waals surface area (Å²) >= 11 is 0. The topological polar surface area (TPSA) is 102 Å². The van der Waals surface area contributed by atoms with E-state index >= 15 is 0 Å². The lowest BCUT2D eigenvalue weighted by atomic mass is 10.0. The summed E-state index contributed by atoms with van der Waals surface area (Å²) in [5.74, 6) is -1.12. The zero-order valence-electron chi connectivity index (χ0n) is 15.7. The second-order valence-corrected chi connectivity index (χ2v) is 6.47. The summed E-state index contributed by atoms with van der Waals surface area (Å²) in [6.45, 7) is 2.04. The number of hydrogen-bond acceptors (Lipinski definition) is 7. The molecule has 0 aromatic heterocycles. The highest BCUT2D eigenvalue weighted by molar-refractivity contribution is 6.42.